The molecule has 2 aromatic rings. The highest BCUT2D eigenvalue weighted by molar-refractivity contribution is 5.95. The van der Waals surface area contributed by atoms with Gasteiger partial charge >= 0.3 is 6.03 Å². The lowest BCUT2D eigenvalue weighted by Crippen LogP contribution is -2.51. The number of benzene rings is 2. The lowest BCUT2D eigenvalue weighted by molar-refractivity contribution is -0.0892. The zero-order valence-corrected chi connectivity index (χ0v) is 18.2. The highest BCUT2D eigenvalue weighted by Crippen LogP contribution is 2.32. The number of hydrogen-bond acceptors (Lipinski definition) is 6. The summed E-state index contributed by atoms with van der Waals surface area (Å²) in [6.45, 7) is 0.0538. The van der Waals surface area contributed by atoms with Crippen molar-refractivity contribution >= 4 is 17.6 Å². The number of nitrogens with one attached hydrogen (secondary N) is 3. The number of fused-ring (bicyclic) bond motifs is 1. The Labute approximate surface area is 194 Å². The molecule has 0 bridgehead atoms. The van der Waals surface area contributed by atoms with E-state index in [1.807, 2.05) is 0 Å². The summed E-state index contributed by atoms with van der Waals surface area (Å²) in [5.41, 5.74) is 0.154. The fraction of sp³-hybridized carbons (Fsp3) is 0.391. The predicted octanol–water partition coefficient (Wildman–Crippen LogP) is 2.54. The van der Waals surface area contributed by atoms with E-state index in [4.69, 9.17) is 14.2 Å². The van der Waals surface area contributed by atoms with E-state index < -0.39 is 23.8 Å². The van der Waals surface area contributed by atoms with Gasteiger partial charge in [0.2, 0.25) is 6.79 Å². The van der Waals surface area contributed by atoms with Gasteiger partial charge in [0.25, 0.3) is 5.91 Å². The molecule has 2 aliphatic rings. The summed E-state index contributed by atoms with van der Waals surface area (Å²) in [4.78, 5) is 24.6. The number of aliphatic hydroxyl groups is 1. The summed E-state index contributed by atoms with van der Waals surface area (Å²) in [6, 6.07) is 6.63. The van der Waals surface area contributed by atoms with Gasteiger partial charge in [0.1, 0.15) is 17.7 Å². The Morgan fingerprint density at radius 1 is 1.06 bits per heavy atom. The summed E-state index contributed by atoms with van der Waals surface area (Å²) in [6.07, 6.45) is 0.768. The van der Waals surface area contributed by atoms with Crippen LogP contribution >= 0.6 is 0 Å². The van der Waals surface area contributed by atoms with Gasteiger partial charge in [-0.05, 0) is 49.6 Å². The molecule has 2 heterocycles. The van der Waals surface area contributed by atoms with Crippen LogP contribution in [0.3, 0.4) is 0 Å². The zero-order valence-electron chi connectivity index (χ0n) is 18.2. The van der Waals surface area contributed by atoms with Gasteiger partial charge in [-0.25, -0.2) is 13.6 Å². The van der Waals surface area contributed by atoms with Crippen molar-refractivity contribution in [2.75, 3.05) is 25.3 Å². The van der Waals surface area contributed by atoms with Gasteiger partial charge in [0, 0.05) is 18.2 Å². The minimum atomic E-state index is -0.744. The van der Waals surface area contributed by atoms with Crippen LogP contribution < -0.4 is 25.4 Å². The predicted molar refractivity (Wildman–Crippen MR) is 117 cm³/mol. The Morgan fingerprint density at radius 2 is 1.88 bits per heavy atom. The van der Waals surface area contributed by atoms with Crippen molar-refractivity contribution in [3.63, 3.8) is 0 Å². The van der Waals surface area contributed by atoms with Crippen molar-refractivity contribution in [2.24, 2.45) is 0 Å². The van der Waals surface area contributed by atoms with Gasteiger partial charge in [-0.2, -0.15) is 0 Å². The molecule has 0 saturated carbocycles. The highest BCUT2D eigenvalue weighted by Gasteiger charge is 2.32. The molecule has 11 heteroatoms. The zero-order chi connectivity index (χ0) is 24.1. The molecule has 4 N–H and O–H groups in total. The van der Waals surface area contributed by atoms with Crippen molar-refractivity contribution in [3.05, 3.63) is 53.6 Å². The van der Waals surface area contributed by atoms with E-state index in [-0.39, 0.29) is 43.7 Å². The molecule has 34 heavy (non-hydrogen) atoms. The molecule has 9 nitrogen and oxygen atoms in total. The number of ether oxygens (including phenoxy) is 3. The summed E-state index contributed by atoms with van der Waals surface area (Å²) >= 11 is 0. The second-order valence-electron chi connectivity index (χ2n) is 8.00. The number of halogens is 2. The van der Waals surface area contributed by atoms with Gasteiger partial charge in [-0.1, -0.05) is 0 Å². The van der Waals surface area contributed by atoms with Crippen molar-refractivity contribution in [2.45, 2.75) is 37.5 Å². The second kappa shape index (κ2) is 10.7. The first-order valence-corrected chi connectivity index (χ1v) is 10.9. The highest BCUT2D eigenvalue weighted by atomic mass is 19.1. The average molecular weight is 477 g/mol. The van der Waals surface area contributed by atoms with Crippen LogP contribution in [0.15, 0.2) is 36.4 Å². The normalized spacial score (nSPS) is 21.1. The van der Waals surface area contributed by atoms with E-state index >= 15 is 0 Å². The smallest absolute Gasteiger partial charge is 0.319 e. The molecular formula is C23H25F2N3O6. The maximum absolute atomic E-state index is 13.6. The van der Waals surface area contributed by atoms with Crippen LogP contribution in [0, 0.1) is 11.6 Å². The number of carbonyl (C=O) groups excluding carboxylic acids is 2. The first-order chi connectivity index (χ1) is 16.4. The third-order valence-electron chi connectivity index (χ3n) is 5.68. The van der Waals surface area contributed by atoms with E-state index in [2.05, 4.69) is 16.0 Å². The van der Waals surface area contributed by atoms with Crippen LogP contribution in [0.4, 0.5) is 19.3 Å². The summed E-state index contributed by atoms with van der Waals surface area (Å²) in [5, 5.41) is 17.5. The van der Waals surface area contributed by atoms with Crippen LogP contribution in [-0.2, 0) is 4.74 Å². The van der Waals surface area contributed by atoms with Crippen molar-refractivity contribution in [3.8, 4) is 11.5 Å². The first-order valence-electron chi connectivity index (χ1n) is 10.9. The Hall–Kier alpha value is -3.44. The molecule has 0 aromatic heterocycles. The van der Waals surface area contributed by atoms with E-state index in [1.54, 1.807) is 18.2 Å². The van der Waals surface area contributed by atoms with Crippen LogP contribution in [0.1, 0.15) is 29.6 Å². The Kier molecular flexibility index (Phi) is 7.43. The number of carbonyl (C=O) groups is 2. The fourth-order valence-electron chi connectivity index (χ4n) is 3.91. The third-order valence-corrected chi connectivity index (χ3v) is 5.68. The maximum atomic E-state index is 13.6. The van der Waals surface area contributed by atoms with E-state index in [0.717, 1.165) is 18.2 Å². The van der Waals surface area contributed by atoms with Crippen LogP contribution in [0.5, 0.6) is 11.5 Å². The monoisotopic (exact) mass is 477 g/mol. The Balaban J connectivity index is 1.23. The Bertz CT molecular complexity index is 1050. The molecule has 0 aliphatic carbocycles. The lowest BCUT2D eigenvalue weighted by Gasteiger charge is -2.36. The van der Waals surface area contributed by atoms with Crippen LogP contribution in [0.25, 0.3) is 0 Å². The summed E-state index contributed by atoms with van der Waals surface area (Å²) < 4.78 is 43.3. The number of hydrogen-bond donors (Lipinski definition) is 4. The minimum absolute atomic E-state index is 0.114. The number of amides is 3. The maximum Gasteiger partial charge on any atom is 0.319 e. The molecule has 0 spiro atoms. The number of aliphatic hydroxyl groups excluding tert-OH is 1. The first kappa shape index (κ1) is 23.7. The quantitative estimate of drug-likeness (QED) is 0.487. The van der Waals surface area contributed by atoms with Gasteiger partial charge < -0.3 is 35.3 Å². The molecule has 3 amide bonds. The van der Waals surface area contributed by atoms with Gasteiger partial charge in [-0.15, -0.1) is 0 Å². The summed E-state index contributed by atoms with van der Waals surface area (Å²) in [7, 11) is 0. The molecule has 0 radical (unpaired) electrons. The van der Waals surface area contributed by atoms with E-state index in [0.29, 0.717) is 36.3 Å². The Morgan fingerprint density at radius 3 is 2.71 bits per heavy atom. The molecule has 182 valence electrons. The standard InChI is InChI=1S/C23H25F2N3O6/c24-14-2-4-16(25)18(10-14)28-23(31)26-8-7-15-3-5-17(21(11-29)34-15)27-22(30)13-1-6-19-20(9-13)33-12-32-19/h1-2,4,6,9-10,15,17,21,29H,3,5,7-8,11-12H2,(H,27,30)(H2,26,28,31)/t15-,17+,21-/m0/s1. The summed E-state index contributed by atoms with van der Waals surface area (Å²) in [5.74, 6) is -0.638. The molecule has 3 atom stereocenters. The molecule has 1 fully saturated rings. The SMILES string of the molecule is O=C(NCC[C@@H]1CC[C@@H](NC(=O)c2ccc3c(c2)OCO3)[C@H](CO)O1)Nc1cc(F)ccc1F. The molecule has 4 rings (SSSR count). The lowest BCUT2D eigenvalue weighted by atomic mass is 9.96. The largest absolute Gasteiger partial charge is 0.454 e. The fourth-order valence-corrected chi connectivity index (χ4v) is 3.91. The molecule has 2 aromatic carbocycles. The second-order valence-corrected chi connectivity index (χ2v) is 8.00. The molecular weight excluding hydrogens is 452 g/mol. The molecule has 2 aliphatic heterocycles. The average Bonchev–Trinajstić information content (AvgIpc) is 3.30. The number of rotatable bonds is 7. The third kappa shape index (κ3) is 5.72. The van der Waals surface area contributed by atoms with Gasteiger partial charge in [-0.3, -0.25) is 4.79 Å². The van der Waals surface area contributed by atoms with Crippen LogP contribution in [-0.4, -0.2) is 55.2 Å². The van der Waals surface area contributed by atoms with Crippen molar-refractivity contribution in [1.82, 2.24) is 10.6 Å². The topological polar surface area (TPSA) is 118 Å². The number of anilines is 1. The minimum Gasteiger partial charge on any atom is -0.454 e. The van der Waals surface area contributed by atoms with Gasteiger partial charge in [0.05, 0.1) is 24.4 Å². The number of urea groups is 1. The van der Waals surface area contributed by atoms with Crippen LogP contribution in [0.2, 0.25) is 0 Å². The van der Waals surface area contributed by atoms with Crippen molar-refractivity contribution < 1.29 is 37.7 Å². The molecule has 1 saturated heterocycles. The molecule has 0 unspecified atom stereocenters. The van der Waals surface area contributed by atoms with E-state index in [9.17, 15) is 23.5 Å². The van der Waals surface area contributed by atoms with E-state index in [1.165, 1.54) is 0 Å². The van der Waals surface area contributed by atoms with Gasteiger partial charge in [0.15, 0.2) is 11.5 Å². The van der Waals surface area contributed by atoms with Crippen molar-refractivity contribution in [1.29, 1.82) is 0 Å².